The van der Waals surface area contributed by atoms with Crippen molar-refractivity contribution >= 4 is 11.7 Å². The smallest absolute Gasteiger partial charge is 0.305 e. The molecule has 0 bridgehead atoms. The Kier molecular flexibility index (Phi) is 5.15. The highest BCUT2D eigenvalue weighted by atomic mass is 19.1. The summed E-state index contributed by atoms with van der Waals surface area (Å²) in [5.74, 6) is -1.10. The van der Waals surface area contributed by atoms with Crippen LogP contribution in [0.25, 0.3) is 0 Å². The molecular weight excluding hydrogens is 281 g/mol. The van der Waals surface area contributed by atoms with E-state index in [0.717, 1.165) is 16.8 Å². The van der Waals surface area contributed by atoms with Crippen molar-refractivity contribution in [1.82, 2.24) is 0 Å². The first-order valence-corrected chi connectivity index (χ1v) is 7.24. The highest BCUT2D eigenvalue weighted by molar-refractivity contribution is 5.67. The average molecular weight is 301 g/mol. The number of benzene rings is 2. The molecular formula is C18H20FNO2. The van der Waals surface area contributed by atoms with Gasteiger partial charge < -0.3 is 10.0 Å². The zero-order valence-corrected chi connectivity index (χ0v) is 12.8. The molecule has 2 rings (SSSR count). The number of nitrogens with zero attached hydrogens (tertiary/aromatic N) is 1. The van der Waals surface area contributed by atoms with Gasteiger partial charge in [-0.25, -0.2) is 4.39 Å². The molecule has 0 saturated carbocycles. The van der Waals surface area contributed by atoms with Gasteiger partial charge in [0.25, 0.3) is 0 Å². The molecule has 22 heavy (non-hydrogen) atoms. The first-order chi connectivity index (χ1) is 10.5. The van der Waals surface area contributed by atoms with Gasteiger partial charge in [-0.3, -0.25) is 4.79 Å². The minimum Gasteiger partial charge on any atom is -0.481 e. The summed E-state index contributed by atoms with van der Waals surface area (Å²) >= 11 is 0. The SMILES string of the molecule is Cc1ccc(N(CCC(=O)O)Cc2ccc(F)cc2)cc1C. The van der Waals surface area contributed by atoms with E-state index in [-0.39, 0.29) is 12.2 Å². The van der Waals surface area contributed by atoms with Crippen molar-refractivity contribution in [2.45, 2.75) is 26.8 Å². The molecule has 0 saturated heterocycles. The molecule has 0 unspecified atom stereocenters. The highest BCUT2D eigenvalue weighted by Crippen LogP contribution is 2.21. The van der Waals surface area contributed by atoms with Crippen LogP contribution in [0.1, 0.15) is 23.1 Å². The van der Waals surface area contributed by atoms with Crippen molar-refractivity contribution in [3.8, 4) is 0 Å². The van der Waals surface area contributed by atoms with Crippen molar-refractivity contribution in [1.29, 1.82) is 0 Å². The summed E-state index contributed by atoms with van der Waals surface area (Å²) in [7, 11) is 0. The first-order valence-electron chi connectivity index (χ1n) is 7.24. The summed E-state index contributed by atoms with van der Waals surface area (Å²) in [6, 6.07) is 12.4. The van der Waals surface area contributed by atoms with Crippen LogP contribution in [0.2, 0.25) is 0 Å². The third kappa shape index (κ3) is 4.32. The summed E-state index contributed by atoms with van der Waals surface area (Å²) in [6.07, 6.45) is 0.0636. The molecule has 1 N–H and O–H groups in total. The summed E-state index contributed by atoms with van der Waals surface area (Å²) in [5, 5.41) is 8.93. The maximum atomic E-state index is 13.0. The molecule has 0 aromatic heterocycles. The average Bonchev–Trinajstić information content (AvgIpc) is 2.48. The number of rotatable bonds is 6. The molecule has 0 aliphatic carbocycles. The fourth-order valence-corrected chi connectivity index (χ4v) is 2.26. The van der Waals surface area contributed by atoms with Crippen molar-refractivity contribution in [2.75, 3.05) is 11.4 Å². The molecule has 2 aromatic rings. The van der Waals surface area contributed by atoms with Crippen molar-refractivity contribution < 1.29 is 14.3 Å². The van der Waals surface area contributed by atoms with Crippen LogP contribution in [0.5, 0.6) is 0 Å². The zero-order chi connectivity index (χ0) is 16.1. The molecule has 2 aromatic carbocycles. The van der Waals surface area contributed by atoms with Crippen molar-refractivity contribution in [3.05, 3.63) is 65.0 Å². The lowest BCUT2D eigenvalue weighted by atomic mass is 10.1. The monoisotopic (exact) mass is 301 g/mol. The Morgan fingerprint density at radius 1 is 1.09 bits per heavy atom. The van der Waals surface area contributed by atoms with E-state index >= 15 is 0 Å². The Balaban J connectivity index is 2.22. The molecule has 0 amide bonds. The van der Waals surface area contributed by atoms with Gasteiger partial charge in [-0.05, 0) is 54.8 Å². The normalized spacial score (nSPS) is 10.5. The number of carboxylic acid groups (broad SMARTS) is 1. The van der Waals surface area contributed by atoms with Crippen LogP contribution in [0, 0.1) is 19.7 Å². The predicted molar refractivity (Wildman–Crippen MR) is 85.6 cm³/mol. The van der Waals surface area contributed by atoms with E-state index in [2.05, 4.69) is 6.07 Å². The molecule has 0 radical (unpaired) electrons. The Labute approximate surface area is 130 Å². The van der Waals surface area contributed by atoms with Gasteiger partial charge in [-0.1, -0.05) is 18.2 Å². The molecule has 0 atom stereocenters. The highest BCUT2D eigenvalue weighted by Gasteiger charge is 2.10. The third-order valence-corrected chi connectivity index (χ3v) is 3.74. The second-order valence-electron chi connectivity index (χ2n) is 5.46. The lowest BCUT2D eigenvalue weighted by Crippen LogP contribution is -2.25. The summed E-state index contributed by atoms with van der Waals surface area (Å²) < 4.78 is 13.0. The van der Waals surface area contributed by atoms with E-state index in [1.807, 2.05) is 30.9 Å². The van der Waals surface area contributed by atoms with Crippen molar-refractivity contribution in [3.63, 3.8) is 0 Å². The molecule has 0 aliphatic heterocycles. The number of carboxylic acids is 1. The number of carbonyl (C=O) groups is 1. The van der Waals surface area contributed by atoms with Crippen LogP contribution in [-0.4, -0.2) is 17.6 Å². The van der Waals surface area contributed by atoms with Crippen molar-refractivity contribution in [2.24, 2.45) is 0 Å². The minimum atomic E-state index is -0.826. The molecule has 116 valence electrons. The number of aryl methyl sites for hydroxylation is 2. The lowest BCUT2D eigenvalue weighted by Gasteiger charge is -2.25. The number of anilines is 1. The van der Waals surface area contributed by atoms with Crippen LogP contribution in [0.4, 0.5) is 10.1 Å². The fourth-order valence-electron chi connectivity index (χ4n) is 2.26. The Bertz CT molecular complexity index is 653. The largest absolute Gasteiger partial charge is 0.481 e. The molecule has 4 heteroatoms. The summed E-state index contributed by atoms with van der Waals surface area (Å²) in [4.78, 5) is 12.9. The second-order valence-corrected chi connectivity index (χ2v) is 5.46. The number of hydrogen-bond donors (Lipinski definition) is 1. The number of hydrogen-bond acceptors (Lipinski definition) is 2. The predicted octanol–water partition coefficient (Wildman–Crippen LogP) is 3.92. The van der Waals surface area contributed by atoms with Gasteiger partial charge in [0.15, 0.2) is 0 Å². The van der Waals surface area contributed by atoms with Crippen LogP contribution in [-0.2, 0) is 11.3 Å². The second kappa shape index (κ2) is 7.07. The lowest BCUT2D eigenvalue weighted by molar-refractivity contribution is -0.136. The van der Waals surface area contributed by atoms with Gasteiger partial charge in [0.05, 0.1) is 6.42 Å². The summed E-state index contributed by atoms with van der Waals surface area (Å²) in [5.41, 5.74) is 4.29. The standard InChI is InChI=1S/C18H20FNO2/c1-13-3-8-17(11-14(13)2)20(10-9-18(21)22)12-15-4-6-16(19)7-5-15/h3-8,11H,9-10,12H2,1-2H3,(H,21,22). The maximum absolute atomic E-state index is 13.0. The van der Waals surface area contributed by atoms with Crippen LogP contribution in [0.3, 0.4) is 0 Å². The van der Waals surface area contributed by atoms with Gasteiger partial charge in [0.1, 0.15) is 5.82 Å². The molecule has 3 nitrogen and oxygen atoms in total. The Hall–Kier alpha value is -2.36. The minimum absolute atomic E-state index is 0.0636. The van der Waals surface area contributed by atoms with Crippen LogP contribution >= 0.6 is 0 Å². The van der Waals surface area contributed by atoms with E-state index in [1.165, 1.54) is 17.7 Å². The number of aliphatic carboxylic acids is 1. The first kappa shape index (κ1) is 16.0. The van der Waals surface area contributed by atoms with Gasteiger partial charge in [-0.2, -0.15) is 0 Å². The Morgan fingerprint density at radius 3 is 2.36 bits per heavy atom. The van der Waals surface area contributed by atoms with Crippen LogP contribution in [0.15, 0.2) is 42.5 Å². The van der Waals surface area contributed by atoms with E-state index in [9.17, 15) is 9.18 Å². The third-order valence-electron chi connectivity index (χ3n) is 3.74. The molecule has 0 heterocycles. The quantitative estimate of drug-likeness (QED) is 0.879. The number of halogens is 1. The molecule has 0 aliphatic rings. The van der Waals surface area contributed by atoms with E-state index in [1.54, 1.807) is 12.1 Å². The fraction of sp³-hybridized carbons (Fsp3) is 0.278. The van der Waals surface area contributed by atoms with E-state index in [4.69, 9.17) is 5.11 Å². The van der Waals surface area contributed by atoms with Gasteiger partial charge in [0.2, 0.25) is 0 Å². The van der Waals surface area contributed by atoms with Gasteiger partial charge in [-0.15, -0.1) is 0 Å². The summed E-state index contributed by atoms with van der Waals surface area (Å²) in [6.45, 7) is 5.04. The van der Waals surface area contributed by atoms with E-state index in [0.29, 0.717) is 13.1 Å². The zero-order valence-electron chi connectivity index (χ0n) is 12.8. The maximum Gasteiger partial charge on any atom is 0.305 e. The molecule has 0 fully saturated rings. The van der Waals surface area contributed by atoms with E-state index < -0.39 is 5.97 Å². The van der Waals surface area contributed by atoms with Gasteiger partial charge in [0, 0.05) is 18.8 Å². The van der Waals surface area contributed by atoms with Crippen LogP contribution < -0.4 is 4.90 Å². The topological polar surface area (TPSA) is 40.5 Å². The van der Waals surface area contributed by atoms with Gasteiger partial charge >= 0.3 is 5.97 Å². The Morgan fingerprint density at radius 2 is 1.77 bits per heavy atom. The molecule has 0 spiro atoms.